The first-order valence-corrected chi connectivity index (χ1v) is 10.7. The lowest BCUT2D eigenvalue weighted by Gasteiger charge is -2.21. The highest BCUT2D eigenvalue weighted by Gasteiger charge is 2.28. The molecule has 1 N–H and O–H groups in total. The molecule has 31 heavy (non-hydrogen) atoms. The average molecular weight is 428 g/mol. The molecule has 0 saturated heterocycles. The minimum atomic E-state index is -0.208. The van der Waals surface area contributed by atoms with Crippen molar-refractivity contribution in [1.82, 2.24) is 24.3 Å². The maximum atomic E-state index is 13.2. The molecule has 1 amide bonds. The van der Waals surface area contributed by atoms with Crippen LogP contribution in [0, 0.1) is 0 Å². The number of carbonyl (C=O) groups is 1. The molecule has 8 nitrogen and oxygen atoms in total. The van der Waals surface area contributed by atoms with E-state index in [1.165, 1.54) is 11.3 Å². The molecule has 0 atom stereocenters. The molecule has 2 aromatic carbocycles. The number of rotatable bonds is 3. The quantitative estimate of drug-likeness (QED) is 0.477. The van der Waals surface area contributed by atoms with E-state index in [0.29, 0.717) is 34.8 Å². The van der Waals surface area contributed by atoms with Gasteiger partial charge in [-0.05, 0) is 30.2 Å². The highest BCUT2D eigenvalue weighted by molar-refractivity contribution is 7.13. The van der Waals surface area contributed by atoms with E-state index in [9.17, 15) is 9.59 Å². The summed E-state index contributed by atoms with van der Waals surface area (Å²) in [6.07, 6.45) is 0.702. The van der Waals surface area contributed by atoms with Crippen molar-refractivity contribution in [1.29, 1.82) is 0 Å². The summed E-state index contributed by atoms with van der Waals surface area (Å²) < 4.78 is 3.68. The van der Waals surface area contributed by atoms with Crippen molar-refractivity contribution < 1.29 is 4.79 Å². The number of carbonyl (C=O) groups excluding carboxylic acids is 1. The molecule has 0 aliphatic carbocycles. The van der Waals surface area contributed by atoms with Gasteiger partial charge in [-0.2, -0.15) is 0 Å². The van der Waals surface area contributed by atoms with Gasteiger partial charge in [-0.1, -0.05) is 41.7 Å². The van der Waals surface area contributed by atoms with E-state index < -0.39 is 0 Å². The zero-order chi connectivity index (χ0) is 20.9. The number of hydrogen-bond acceptors (Lipinski definition) is 6. The van der Waals surface area contributed by atoms with E-state index in [2.05, 4.69) is 21.6 Å². The number of anilines is 1. The predicted octanol–water partition coefficient (Wildman–Crippen LogP) is 3.06. The van der Waals surface area contributed by atoms with Gasteiger partial charge in [0.05, 0.1) is 16.6 Å². The van der Waals surface area contributed by atoms with Crippen LogP contribution < -0.4 is 10.9 Å². The lowest BCUT2D eigenvalue weighted by atomic mass is 10.0. The summed E-state index contributed by atoms with van der Waals surface area (Å²) in [6, 6.07) is 15.4. The number of aryl methyl sites for hydroxylation is 1. The molecular formula is C22H16N6O2S. The van der Waals surface area contributed by atoms with Crippen molar-refractivity contribution in [2.24, 2.45) is 0 Å². The molecule has 5 aromatic rings. The summed E-state index contributed by atoms with van der Waals surface area (Å²) in [5.41, 5.74) is 5.04. The average Bonchev–Trinajstić information content (AvgIpc) is 3.41. The molecular weight excluding hydrogens is 412 g/mol. The Morgan fingerprint density at radius 3 is 2.74 bits per heavy atom. The summed E-state index contributed by atoms with van der Waals surface area (Å²) in [5.74, 6) is 0.394. The number of para-hydroxylation sites is 2. The first-order valence-electron chi connectivity index (χ1n) is 9.87. The van der Waals surface area contributed by atoms with E-state index in [0.717, 1.165) is 22.2 Å². The SMILES string of the molecule is O=C(Cn1c2c(c3ccccc31)CCn1c-2nc2ccccc2c1=O)Nc1nncs1. The van der Waals surface area contributed by atoms with E-state index in [4.69, 9.17) is 4.98 Å². The number of hydrogen-bond donors (Lipinski definition) is 1. The van der Waals surface area contributed by atoms with E-state index in [-0.39, 0.29) is 18.0 Å². The number of aromatic nitrogens is 5. The van der Waals surface area contributed by atoms with Gasteiger partial charge in [0.15, 0.2) is 5.82 Å². The Morgan fingerprint density at radius 2 is 1.90 bits per heavy atom. The van der Waals surface area contributed by atoms with Gasteiger partial charge >= 0.3 is 0 Å². The molecule has 0 spiro atoms. The maximum absolute atomic E-state index is 13.2. The van der Waals surface area contributed by atoms with E-state index in [1.54, 1.807) is 16.1 Å². The van der Waals surface area contributed by atoms with Gasteiger partial charge in [-0.15, -0.1) is 10.2 Å². The van der Waals surface area contributed by atoms with Gasteiger partial charge in [0.2, 0.25) is 11.0 Å². The van der Waals surface area contributed by atoms with Crippen LogP contribution in [0.25, 0.3) is 33.3 Å². The summed E-state index contributed by atoms with van der Waals surface area (Å²) in [6.45, 7) is 0.641. The molecule has 9 heteroatoms. The molecule has 4 heterocycles. The Hall–Kier alpha value is -3.85. The number of nitrogens with zero attached hydrogens (tertiary/aromatic N) is 5. The molecule has 0 unspecified atom stereocenters. The standard InChI is InChI=1S/C22H16N6O2S/c29-18(25-22-26-23-12-31-22)11-28-17-8-4-2-5-13(17)14-9-10-27-20(19(14)28)24-16-7-3-1-6-15(16)21(27)30/h1-8,12H,9-11H2,(H,25,26,29). The topological polar surface area (TPSA) is 94.7 Å². The van der Waals surface area contributed by atoms with Crippen molar-refractivity contribution in [2.75, 3.05) is 5.32 Å². The fourth-order valence-electron chi connectivity index (χ4n) is 4.36. The van der Waals surface area contributed by atoms with Crippen LogP contribution in [-0.2, 0) is 24.3 Å². The van der Waals surface area contributed by atoms with Crippen LogP contribution in [-0.4, -0.2) is 30.2 Å². The van der Waals surface area contributed by atoms with Crippen LogP contribution >= 0.6 is 11.3 Å². The smallest absolute Gasteiger partial charge is 0.261 e. The normalized spacial score (nSPS) is 12.6. The van der Waals surface area contributed by atoms with E-state index >= 15 is 0 Å². The molecule has 0 bridgehead atoms. The maximum Gasteiger partial charge on any atom is 0.261 e. The Balaban J connectivity index is 1.57. The third-order valence-electron chi connectivity index (χ3n) is 5.64. The first kappa shape index (κ1) is 18.0. The van der Waals surface area contributed by atoms with Crippen molar-refractivity contribution in [3.8, 4) is 11.5 Å². The summed E-state index contributed by atoms with van der Waals surface area (Å²) in [5, 5.41) is 12.6. The minimum absolute atomic E-state index is 0.0543. The van der Waals surface area contributed by atoms with Gasteiger partial charge in [-0.25, -0.2) is 4.98 Å². The van der Waals surface area contributed by atoms with Crippen molar-refractivity contribution in [3.63, 3.8) is 0 Å². The largest absolute Gasteiger partial charge is 0.328 e. The molecule has 3 aromatic heterocycles. The first-order chi connectivity index (χ1) is 15.2. The van der Waals surface area contributed by atoms with Gasteiger partial charge in [-0.3, -0.25) is 19.5 Å². The molecule has 1 aliphatic heterocycles. The predicted molar refractivity (Wildman–Crippen MR) is 119 cm³/mol. The summed E-state index contributed by atoms with van der Waals surface area (Å²) >= 11 is 1.27. The second-order valence-electron chi connectivity index (χ2n) is 7.38. The highest BCUT2D eigenvalue weighted by atomic mass is 32.1. The van der Waals surface area contributed by atoms with Gasteiger partial charge in [0.1, 0.15) is 12.1 Å². The fourth-order valence-corrected chi connectivity index (χ4v) is 4.82. The van der Waals surface area contributed by atoms with Crippen molar-refractivity contribution >= 4 is 44.2 Å². The molecule has 0 fully saturated rings. The van der Waals surface area contributed by atoms with Gasteiger partial charge in [0, 0.05) is 17.4 Å². The van der Waals surface area contributed by atoms with Crippen LogP contribution in [0.1, 0.15) is 5.56 Å². The Labute approximate surface area is 179 Å². The highest BCUT2D eigenvalue weighted by Crippen LogP contribution is 2.36. The second kappa shape index (κ2) is 6.85. The summed E-state index contributed by atoms with van der Waals surface area (Å²) in [4.78, 5) is 30.8. The number of amides is 1. The minimum Gasteiger partial charge on any atom is -0.328 e. The zero-order valence-corrected chi connectivity index (χ0v) is 17.1. The monoisotopic (exact) mass is 428 g/mol. The molecule has 0 saturated carbocycles. The number of nitrogens with one attached hydrogen (secondary N) is 1. The zero-order valence-electron chi connectivity index (χ0n) is 16.3. The van der Waals surface area contributed by atoms with Crippen molar-refractivity contribution in [3.05, 3.63) is 70.0 Å². The molecule has 6 rings (SSSR count). The van der Waals surface area contributed by atoms with Gasteiger partial charge < -0.3 is 4.57 Å². The van der Waals surface area contributed by atoms with Crippen molar-refractivity contribution in [2.45, 2.75) is 19.5 Å². The molecule has 152 valence electrons. The van der Waals surface area contributed by atoms with Crippen LogP contribution in [0.4, 0.5) is 5.13 Å². The summed E-state index contributed by atoms with van der Waals surface area (Å²) in [7, 11) is 0. The molecule has 0 radical (unpaired) electrons. The van der Waals surface area contributed by atoms with E-state index in [1.807, 2.05) is 41.0 Å². The van der Waals surface area contributed by atoms with Crippen LogP contribution in [0.3, 0.4) is 0 Å². The Morgan fingerprint density at radius 1 is 1.10 bits per heavy atom. The van der Waals surface area contributed by atoms with Crippen LogP contribution in [0.5, 0.6) is 0 Å². The fraction of sp³-hybridized carbons (Fsp3) is 0.136. The van der Waals surface area contributed by atoms with Crippen LogP contribution in [0.15, 0.2) is 58.8 Å². The number of benzene rings is 2. The van der Waals surface area contributed by atoms with Gasteiger partial charge in [0.25, 0.3) is 5.56 Å². The lowest BCUT2D eigenvalue weighted by Crippen LogP contribution is -2.29. The van der Waals surface area contributed by atoms with Crippen LogP contribution in [0.2, 0.25) is 0 Å². The third-order valence-corrected chi connectivity index (χ3v) is 6.25. The Kier molecular flexibility index (Phi) is 3.97. The third kappa shape index (κ3) is 2.77. The molecule has 1 aliphatic rings. The Bertz CT molecular complexity index is 1530. The second-order valence-corrected chi connectivity index (χ2v) is 8.22. The number of fused-ring (bicyclic) bond motifs is 6. The lowest BCUT2D eigenvalue weighted by molar-refractivity contribution is -0.116.